The molecule has 0 amide bonds. The number of esters is 1. The smallest absolute Gasteiger partial charge is 0.338 e. The Labute approximate surface area is 172 Å². The number of hydrogen-bond donors (Lipinski definition) is 1. The van der Waals surface area contributed by atoms with Crippen LogP contribution in [0.25, 0.3) is 5.69 Å². The van der Waals surface area contributed by atoms with E-state index in [0.717, 1.165) is 11.3 Å². The highest BCUT2D eigenvalue weighted by Crippen LogP contribution is 2.20. The molecular formula is C20H22N4O4S. The number of nitrogens with zero attached hydrogens (tertiary/aromatic N) is 4. The Morgan fingerprint density at radius 2 is 2.03 bits per heavy atom. The van der Waals surface area contributed by atoms with Crippen molar-refractivity contribution in [2.45, 2.75) is 25.1 Å². The van der Waals surface area contributed by atoms with E-state index in [0.29, 0.717) is 28.8 Å². The first kappa shape index (κ1) is 20.8. The second-order valence-electron chi connectivity index (χ2n) is 6.23. The predicted molar refractivity (Wildman–Crippen MR) is 109 cm³/mol. The fourth-order valence-corrected chi connectivity index (χ4v) is 3.30. The van der Waals surface area contributed by atoms with Crippen LogP contribution < -0.4 is 4.74 Å². The maximum Gasteiger partial charge on any atom is 0.338 e. The van der Waals surface area contributed by atoms with Gasteiger partial charge in [-0.2, -0.15) is 4.68 Å². The Bertz CT molecular complexity index is 946. The van der Waals surface area contributed by atoms with Crippen molar-refractivity contribution in [3.05, 3.63) is 59.7 Å². The first-order chi connectivity index (χ1) is 14.1. The average Bonchev–Trinajstić information content (AvgIpc) is 3.20. The summed E-state index contributed by atoms with van der Waals surface area (Å²) in [5, 5.41) is 22.6. The number of thioether (sulfide) groups is 1. The zero-order valence-electron chi connectivity index (χ0n) is 16.2. The number of carbonyl (C=O) groups excluding carboxylic acids is 1. The van der Waals surface area contributed by atoms with Gasteiger partial charge < -0.3 is 14.6 Å². The summed E-state index contributed by atoms with van der Waals surface area (Å²) in [6.07, 6.45) is -0.715. The molecule has 29 heavy (non-hydrogen) atoms. The number of rotatable bonds is 9. The van der Waals surface area contributed by atoms with Gasteiger partial charge in [0.25, 0.3) is 0 Å². The minimum Gasteiger partial charge on any atom is -0.491 e. The van der Waals surface area contributed by atoms with Crippen LogP contribution in [0.5, 0.6) is 5.75 Å². The summed E-state index contributed by atoms with van der Waals surface area (Å²) in [5.41, 5.74) is 2.43. The lowest BCUT2D eigenvalue weighted by molar-refractivity contribution is 0.0526. The Morgan fingerprint density at radius 3 is 2.76 bits per heavy atom. The maximum atomic E-state index is 11.6. The van der Waals surface area contributed by atoms with Crippen LogP contribution in [0.4, 0.5) is 0 Å². The normalized spacial score (nSPS) is 11.8. The van der Waals surface area contributed by atoms with Gasteiger partial charge in [-0.05, 0) is 66.2 Å². The lowest BCUT2D eigenvalue weighted by Gasteiger charge is -2.12. The van der Waals surface area contributed by atoms with Gasteiger partial charge in [0.05, 0.1) is 24.0 Å². The molecule has 0 aliphatic rings. The van der Waals surface area contributed by atoms with E-state index < -0.39 is 6.10 Å². The average molecular weight is 414 g/mol. The third kappa shape index (κ3) is 5.78. The number of benzene rings is 2. The molecule has 2 aromatic carbocycles. The van der Waals surface area contributed by atoms with Gasteiger partial charge >= 0.3 is 5.97 Å². The molecular weight excluding hydrogens is 392 g/mol. The molecule has 3 aromatic rings. The fourth-order valence-electron chi connectivity index (χ4n) is 2.50. The second kappa shape index (κ2) is 10.0. The van der Waals surface area contributed by atoms with Gasteiger partial charge in [-0.3, -0.25) is 0 Å². The van der Waals surface area contributed by atoms with Crippen LogP contribution >= 0.6 is 11.8 Å². The molecule has 0 aliphatic heterocycles. The van der Waals surface area contributed by atoms with E-state index in [4.69, 9.17) is 9.47 Å². The molecule has 0 spiro atoms. The molecule has 1 N–H and O–H groups in total. The Hall–Kier alpha value is -2.91. The zero-order valence-corrected chi connectivity index (χ0v) is 17.0. The number of aliphatic hydroxyl groups is 1. The molecule has 1 heterocycles. The van der Waals surface area contributed by atoms with Crippen molar-refractivity contribution in [1.82, 2.24) is 20.2 Å². The first-order valence-electron chi connectivity index (χ1n) is 9.13. The minimum absolute atomic E-state index is 0.109. The third-order valence-corrected chi connectivity index (χ3v) is 4.96. The molecule has 1 aromatic heterocycles. The Morgan fingerprint density at radius 1 is 1.24 bits per heavy atom. The highest BCUT2D eigenvalue weighted by molar-refractivity contribution is 7.99. The number of aliphatic hydroxyl groups excluding tert-OH is 1. The van der Waals surface area contributed by atoms with E-state index in [2.05, 4.69) is 15.5 Å². The fraction of sp³-hybridized carbons (Fsp3) is 0.300. The Balaban J connectivity index is 1.50. The van der Waals surface area contributed by atoms with Crippen LogP contribution in [-0.2, 0) is 4.74 Å². The van der Waals surface area contributed by atoms with Gasteiger partial charge in [0.2, 0.25) is 5.16 Å². The summed E-state index contributed by atoms with van der Waals surface area (Å²) >= 11 is 1.35. The van der Waals surface area contributed by atoms with E-state index in [9.17, 15) is 9.90 Å². The number of aromatic nitrogens is 4. The highest BCUT2D eigenvalue weighted by atomic mass is 32.2. The summed E-state index contributed by atoms with van der Waals surface area (Å²) in [4.78, 5) is 11.6. The number of hydrogen-bond acceptors (Lipinski definition) is 8. The van der Waals surface area contributed by atoms with E-state index in [1.54, 1.807) is 35.9 Å². The lowest BCUT2D eigenvalue weighted by Crippen LogP contribution is -2.20. The molecule has 9 heteroatoms. The summed E-state index contributed by atoms with van der Waals surface area (Å²) in [6, 6.07) is 14.5. The Kier molecular flexibility index (Phi) is 7.20. The summed E-state index contributed by atoms with van der Waals surface area (Å²) in [5.74, 6) is 0.557. The van der Waals surface area contributed by atoms with Crippen LogP contribution in [0.2, 0.25) is 0 Å². The number of aryl methyl sites for hydroxylation is 1. The molecule has 0 saturated heterocycles. The van der Waals surface area contributed by atoms with E-state index in [1.807, 2.05) is 31.2 Å². The molecule has 1 atom stereocenters. The minimum atomic E-state index is -0.715. The molecule has 0 bridgehead atoms. The molecule has 3 rings (SSSR count). The first-order valence-corrected chi connectivity index (χ1v) is 10.1. The van der Waals surface area contributed by atoms with Crippen LogP contribution in [0.1, 0.15) is 22.8 Å². The van der Waals surface area contributed by atoms with Crippen LogP contribution in [0.15, 0.2) is 53.7 Å². The van der Waals surface area contributed by atoms with Gasteiger partial charge in [-0.25, -0.2) is 4.79 Å². The molecule has 0 aliphatic carbocycles. The number of tetrazole rings is 1. The van der Waals surface area contributed by atoms with Crippen molar-refractivity contribution >= 4 is 17.7 Å². The molecule has 1 unspecified atom stereocenters. The van der Waals surface area contributed by atoms with Crippen LogP contribution in [0.3, 0.4) is 0 Å². The quantitative estimate of drug-likeness (QED) is 0.421. The maximum absolute atomic E-state index is 11.6. The van der Waals surface area contributed by atoms with Gasteiger partial charge in [0.15, 0.2) is 0 Å². The molecule has 8 nitrogen and oxygen atoms in total. The molecule has 0 saturated carbocycles. The number of ether oxygens (including phenoxy) is 2. The van der Waals surface area contributed by atoms with E-state index >= 15 is 0 Å². The third-order valence-electron chi connectivity index (χ3n) is 3.90. The van der Waals surface area contributed by atoms with E-state index in [1.165, 1.54) is 11.8 Å². The van der Waals surface area contributed by atoms with Crippen molar-refractivity contribution in [2.75, 3.05) is 19.0 Å². The topological polar surface area (TPSA) is 99.4 Å². The van der Waals surface area contributed by atoms with Crippen LogP contribution in [-0.4, -0.2) is 56.4 Å². The van der Waals surface area contributed by atoms with Gasteiger partial charge in [0, 0.05) is 5.75 Å². The zero-order chi connectivity index (χ0) is 20.6. The van der Waals surface area contributed by atoms with Crippen molar-refractivity contribution < 1.29 is 19.4 Å². The standard InChI is InChI=1S/C20H22N4O4S/c1-3-27-19(26)15-7-9-18(10-8-15)28-12-17(25)13-29-20-21-22-23-24(20)16-6-4-5-14(2)11-16/h4-11,17,25H,3,12-13H2,1-2H3. The summed E-state index contributed by atoms with van der Waals surface area (Å²) < 4.78 is 12.2. The largest absolute Gasteiger partial charge is 0.491 e. The van der Waals surface area contributed by atoms with Gasteiger partial charge in [0.1, 0.15) is 12.4 Å². The molecule has 0 radical (unpaired) electrons. The number of carbonyl (C=O) groups is 1. The highest BCUT2D eigenvalue weighted by Gasteiger charge is 2.13. The SMILES string of the molecule is CCOC(=O)c1ccc(OCC(O)CSc2nnnn2-c2cccc(C)c2)cc1. The lowest BCUT2D eigenvalue weighted by atomic mass is 10.2. The van der Waals surface area contributed by atoms with E-state index in [-0.39, 0.29) is 12.6 Å². The van der Waals surface area contributed by atoms with Gasteiger partial charge in [-0.1, -0.05) is 23.9 Å². The van der Waals surface area contributed by atoms with Crippen LogP contribution in [0, 0.1) is 6.92 Å². The molecule has 152 valence electrons. The van der Waals surface area contributed by atoms with Gasteiger partial charge in [-0.15, -0.1) is 5.10 Å². The summed E-state index contributed by atoms with van der Waals surface area (Å²) in [7, 11) is 0. The predicted octanol–water partition coefficient (Wildman–Crippen LogP) is 2.68. The monoisotopic (exact) mass is 414 g/mol. The van der Waals surface area contributed by atoms with Crippen molar-refractivity contribution in [3.63, 3.8) is 0 Å². The molecule has 0 fully saturated rings. The van der Waals surface area contributed by atoms with Crippen molar-refractivity contribution in [2.24, 2.45) is 0 Å². The second-order valence-corrected chi connectivity index (χ2v) is 7.22. The van der Waals surface area contributed by atoms with Crippen molar-refractivity contribution in [1.29, 1.82) is 0 Å². The van der Waals surface area contributed by atoms with Crippen molar-refractivity contribution in [3.8, 4) is 11.4 Å². The summed E-state index contributed by atoms with van der Waals surface area (Å²) in [6.45, 7) is 4.20.